The Labute approximate surface area is 129 Å². The van der Waals surface area contributed by atoms with Gasteiger partial charge in [-0.2, -0.15) is 0 Å². The minimum Gasteiger partial charge on any atom is -0.250 e. The van der Waals surface area contributed by atoms with Gasteiger partial charge in [0, 0.05) is 30.2 Å². The molecule has 3 aromatic heterocycles. The number of hydrogen-bond acceptors (Lipinski definition) is 5. The van der Waals surface area contributed by atoms with E-state index in [0.29, 0.717) is 5.03 Å². The van der Waals surface area contributed by atoms with E-state index in [9.17, 15) is 4.91 Å². The second-order valence-electron chi connectivity index (χ2n) is 3.98. The van der Waals surface area contributed by atoms with E-state index in [1.807, 2.05) is 42.5 Å². The molecule has 0 amide bonds. The molecule has 104 valence electrons. The summed E-state index contributed by atoms with van der Waals surface area (Å²) < 4.78 is 0.741. The van der Waals surface area contributed by atoms with Crippen molar-refractivity contribution in [1.29, 1.82) is 0 Å². The fourth-order valence-corrected chi connectivity index (χ4v) is 3.06. The lowest BCUT2D eigenvalue weighted by Crippen LogP contribution is -2.22. The van der Waals surface area contributed by atoms with Crippen molar-refractivity contribution in [3.63, 3.8) is 0 Å². The molecular weight excluding hydrogens is 304 g/mol. The first-order chi connectivity index (χ1) is 10.3. The molecule has 0 aliphatic heterocycles. The predicted molar refractivity (Wildman–Crippen MR) is 80.9 cm³/mol. The summed E-state index contributed by atoms with van der Waals surface area (Å²) in [7, 11) is 0. The molecule has 0 atom stereocenters. The summed E-state index contributed by atoms with van der Waals surface area (Å²) in [6.45, 7) is 0. The highest BCUT2D eigenvalue weighted by molar-refractivity contribution is 7.99. The van der Waals surface area contributed by atoms with Crippen LogP contribution in [0.1, 0.15) is 0 Å². The molecule has 1 N–H and O–H groups in total. The lowest BCUT2D eigenvalue weighted by molar-refractivity contribution is -0.609. The summed E-state index contributed by atoms with van der Waals surface area (Å²) in [5, 5.41) is 5.66. The first-order valence-electron chi connectivity index (χ1n) is 6.15. The van der Waals surface area contributed by atoms with Crippen molar-refractivity contribution in [2.45, 2.75) is 20.1 Å². The molecule has 0 saturated heterocycles. The maximum atomic E-state index is 12.0. The molecule has 0 fully saturated rings. The molecule has 3 heterocycles. The van der Waals surface area contributed by atoms with Crippen LogP contribution in [0.5, 0.6) is 0 Å². The fourth-order valence-electron chi connectivity index (χ4n) is 1.57. The third-order valence-corrected chi connectivity index (χ3v) is 4.35. The highest BCUT2D eigenvalue weighted by atomic mass is 32.2. The molecular formula is C14H11N4OS2+. The Morgan fingerprint density at radius 1 is 0.857 bits per heavy atom. The highest BCUT2D eigenvalue weighted by Gasteiger charge is 2.13. The Morgan fingerprint density at radius 3 is 2.10 bits per heavy atom. The Hall–Kier alpha value is -2.12. The summed E-state index contributed by atoms with van der Waals surface area (Å²) in [4.78, 5) is 20.4. The summed E-state index contributed by atoms with van der Waals surface area (Å²) in [6.07, 6.45) is 3.42. The van der Waals surface area contributed by atoms with Gasteiger partial charge in [-0.3, -0.25) is 0 Å². The summed E-state index contributed by atoms with van der Waals surface area (Å²) in [5.41, 5.74) is 0. The number of rotatable bonds is 4. The molecule has 5 nitrogen and oxygen atoms in total. The van der Waals surface area contributed by atoms with E-state index < -0.39 is 0 Å². The Kier molecular flexibility index (Phi) is 4.32. The van der Waals surface area contributed by atoms with Crippen LogP contribution in [0.2, 0.25) is 0 Å². The number of hydrogen-bond donors (Lipinski definition) is 1. The number of aromatic amines is 1. The van der Waals surface area contributed by atoms with E-state index >= 15 is 0 Å². The molecule has 3 rings (SSSR count). The fraction of sp³-hybridized carbons (Fsp3) is 0. The average Bonchev–Trinajstić information content (AvgIpc) is 2.52. The van der Waals surface area contributed by atoms with Gasteiger partial charge in [0.15, 0.2) is 4.54 Å². The van der Waals surface area contributed by atoms with E-state index in [1.165, 1.54) is 23.5 Å². The Bertz CT molecular complexity index is 778. The van der Waals surface area contributed by atoms with E-state index in [2.05, 4.69) is 15.1 Å². The minimum absolute atomic E-state index is 0.541. The minimum atomic E-state index is 0.541. The monoisotopic (exact) mass is 315 g/mol. The van der Waals surface area contributed by atoms with E-state index in [1.54, 1.807) is 18.5 Å². The van der Waals surface area contributed by atoms with Crippen molar-refractivity contribution in [3.8, 4) is 0 Å². The van der Waals surface area contributed by atoms with Crippen molar-refractivity contribution in [2.75, 3.05) is 0 Å². The molecule has 0 spiro atoms. The van der Waals surface area contributed by atoms with Crippen LogP contribution in [-0.2, 0) is 0 Å². The van der Waals surface area contributed by atoms with Crippen LogP contribution in [-0.4, -0.2) is 15.1 Å². The van der Waals surface area contributed by atoms with Gasteiger partial charge in [0.2, 0.25) is 0 Å². The van der Waals surface area contributed by atoms with Crippen molar-refractivity contribution >= 4 is 23.5 Å². The van der Waals surface area contributed by atoms with Crippen LogP contribution in [0, 0.1) is 4.91 Å². The van der Waals surface area contributed by atoms with Gasteiger partial charge in [0.1, 0.15) is 15.1 Å². The van der Waals surface area contributed by atoms with E-state index in [-0.39, 0.29) is 0 Å². The van der Waals surface area contributed by atoms with Crippen LogP contribution in [0.15, 0.2) is 81.0 Å². The predicted octanol–water partition coefficient (Wildman–Crippen LogP) is 3.02. The van der Waals surface area contributed by atoms with E-state index in [4.69, 9.17) is 0 Å². The first kappa shape index (κ1) is 13.8. The van der Waals surface area contributed by atoms with Crippen molar-refractivity contribution in [2.24, 2.45) is 0 Å². The third-order valence-electron chi connectivity index (χ3n) is 2.49. The number of nitrogens with zero attached hydrogens (tertiary/aromatic N) is 3. The zero-order valence-electron chi connectivity index (χ0n) is 10.8. The molecule has 0 aliphatic rings. The second kappa shape index (κ2) is 6.55. The molecule has 3 aromatic rings. The standard InChI is InChI=1S/C14H11N4OS2/c19-18-14(21-12-6-2-4-10-16-12)8-7-13(17-18)20-11-5-1-3-9-15-11/h1-10H,(H,17,19)/q+1. The SMILES string of the molecule is O=[n+]1[nH]c(Sc2ccccn2)ccc1Sc1ccccn1. The van der Waals surface area contributed by atoms with Crippen LogP contribution in [0.3, 0.4) is 0 Å². The zero-order chi connectivity index (χ0) is 14.5. The van der Waals surface area contributed by atoms with Crippen molar-refractivity contribution < 1.29 is 4.54 Å². The van der Waals surface area contributed by atoms with Crippen LogP contribution in [0.25, 0.3) is 0 Å². The van der Waals surface area contributed by atoms with Gasteiger partial charge in [-0.25, -0.2) is 9.97 Å². The van der Waals surface area contributed by atoms with Gasteiger partial charge in [-0.1, -0.05) is 12.1 Å². The van der Waals surface area contributed by atoms with Gasteiger partial charge >= 0.3 is 5.03 Å². The molecule has 0 saturated carbocycles. The average molecular weight is 315 g/mol. The smallest absolute Gasteiger partial charge is 0.250 e. The number of aromatic nitrogens is 4. The molecule has 21 heavy (non-hydrogen) atoms. The topological polar surface area (TPSA) is 64.5 Å². The second-order valence-corrected chi connectivity index (χ2v) is 6.08. The van der Waals surface area contributed by atoms with Gasteiger partial charge < -0.3 is 0 Å². The quantitative estimate of drug-likeness (QED) is 0.750. The Morgan fingerprint density at radius 2 is 1.52 bits per heavy atom. The normalized spacial score (nSPS) is 10.5. The number of H-pyrrole nitrogens is 1. The lowest BCUT2D eigenvalue weighted by Gasteiger charge is -1.97. The lowest BCUT2D eigenvalue weighted by atomic mass is 10.5. The largest absolute Gasteiger partial charge is 0.332 e. The molecule has 0 aromatic carbocycles. The highest BCUT2D eigenvalue weighted by Crippen LogP contribution is 2.25. The summed E-state index contributed by atoms with van der Waals surface area (Å²) >= 11 is 2.72. The van der Waals surface area contributed by atoms with Gasteiger partial charge in [-0.05, 0) is 42.1 Å². The summed E-state index contributed by atoms with van der Waals surface area (Å²) in [5.74, 6) is 0. The molecule has 0 aliphatic carbocycles. The molecule has 0 unspecified atom stereocenters. The Balaban J connectivity index is 1.79. The summed E-state index contributed by atoms with van der Waals surface area (Å²) in [6, 6.07) is 14.9. The van der Waals surface area contributed by atoms with E-state index in [0.717, 1.165) is 19.6 Å². The molecule has 0 bridgehead atoms. The van der Waals surface area contributed by atoms with Crippen LogP contribution in [0.4, 0.5) is 0 Å². The zero-order valence-corrected chi connectivity index (χ0v) is 12.5. The maximum Gasteiger partial charge on any atom is 0.332 e. The molecule has 7 heteroatoms. The third kappa shape index (κ3) is 3.71. The van der Waals surface area contributed by atoms with Crippen molar-refractivity contribution in [3.05, 3.63) is 65.8 Å². The van der Waals surface area contributed by atoms with Gasteiger partial charge in [0.05, 0.1) is 4.91 Å². The molecule has 0 radical (unpaired) electrons. The van der Waals surface area contributed by atoms with Crippen molar-refractivity contribution in [1.82, 2.24) is 15.1 Å². The number of pyridine rings is 2. The van der Waals surface area contributed by atoms with Gasteiger partial charge in [0.25, 0.3) is 0 Å². The van der Waals surface area contributed by atoms with Gasteiger partial charge in [-0.15, -0.1) is 5.10 Å². The van der Waals surface area contributed by atoms with Crippen LogP contribution < -0.4 is 4.54 Å². The maximum absolute atomic E-state index is 12.0. The number of nitrogens with one attached hydrogen (secondary N) is 1. The first-order valence-corrected chi connectivity index (χ1v) is 7.78. The van der Waals surface area contributed by atoms with Crippen LogP contribution >= 0.6 is 23.5 Å².